The first-order valence-electron chi connectivity index (χ1n) is 9.02. The van der Waals surface area contributed by atoms with E-state index in [9.17, 15) is 14.4 Å². The molecule has 2 aromatic rings. The summed E-state index contributed by atoms with van der Waals surface area (Å²) in [5.41, 5.74) is 1.13. The molecule has 0 aromatic heterocycles. The molecule has 7 nitrogen and oxygen atoms in total. The summed E-state index contributed by atoms with van der Waals surface area (Å²) in [5.74, 6) is -2.28. The predicted octanol–water partition coefficient (Wildman–Crippen LogP) is 3.09. The maximum absolute atomic E-state index is 12.8. The van der Waals surface area contributed by atoms with Gasteiger partial charge < -0.3 is 19.1 Å². The van der Waals surface area contributed by atoms with Crippen molar-refractivity contribution in [1.82, 2.24) is 0 Å². The molecule has 0 N–H and O–H groups in total. The molecule has 1 heterocycles. The van der Waals surface area contributed by atoms with E-state index in [1.54, 1.807) is 53.4 Å². The minimum Gasteiger partial charge on any atom is -0.467 e. The van der Waals surface area contributed by atoms with Gasteiger partial charge in [0.25, 0.3) is 0 Å². The van der Waals surface area contributed by atoms with Gasteiger partial charge in [-0.15, -0.1) is 0 Å². The van der Waals surface area contributed by atoms with Gasteiger partial charge in [0.05, 0.1) is 38.5 Å². The largest absolute Gasteiger partial charge is 0.467 e. The Hall–Kier alpha value is -3.32. The Labute approximate surface area is 178 Å². The van der Waals surface area contributed by atoms with Gasteiger partial charge in [-0.05, 0) is 29.8 Å². The van der Waals surface area contributed by atoms with Crippen LogP contribution in [0.2, 0.25) is 5.02 Å². The van der Waals surface area contributed by atoms with Crippen LogP contribution in [0.25, 0.3) is 0 Å². The Morgan fingerprint density at radius 3 is 1.90 bits per heavy atom. The average molecular weight is 430 g/mol. The van der Waals surface area contributed by atoms with Crippen LogP contribution in [0, 0.1) is 0 Å². The first kappa shape index (κ1) is 21.4. The molecule has 0 radical (unpaired) electrons. The van der Waals surface area contributed by atoms with Crippen LogP contribution in [-0.4, -0.2) is 45.3 Å². The van der Waals surface area contributed by atoms with Gasteiger partial charge in [0, 0.05) is 10.7 Å². The maximum Gasteiger partial charge on any atom is 0.337 e. The van der Waals surface area contributed by atoms with Crippen molar-refractivity contribution in [2.24, 2.45) is 0 Å². The molecule has 1 aliphatic heterocycles. The third-order valence-corrected chi connectivity index (χ3v) is 5.12. The fraction of sp³-hybridized carbons (Fsp3) is 0.227. The SMILES string of the molecule is COC(=O)C1=C(C(=O)OC)[C@H](c2ccccc2)N(c2ccc(Cl)cc2)[C@H]1C(=O)OC. The number of carbonyl (C=O) groups excluding carboxylic acids is 3. The molecule has 0 saturated heterocycles. The van der Waals surface area contributed by atoms with E-state index in [2.05, 4.69) is 0 Å². The Morgan fingerprint density at radius 2 is 1.37 bits per heavy atom. The van der Waals surface area contributed by atoms with Crippen LogP contribution in [0.4, 0.5) is 5.69 Å². The number of halogens is 1. The van der Waals surface area contributed by atoms with Gasteiger partial charge in [-0.2, -0.15) is 0 Å². The van der Waals surface area contributed by atoms with Crippen LogP contribution in [-0.2, 0) is 28.6 Å². The highest BCUT2D eigenvalue weighted by Crippen LogP contribution is 2.45. The fourth-order valence-corrected chi connectivity index (χ4v) is 3.73. The van der Waals surface area contributed by atoms with E-state index < -0.39 is 30.0 Å². The minimum absolute atomic E-state index is 0.0147. The lowest BCUT2D eigenvalue weighted by molar-refractivity contribution is -0.144. The normalized spacial score (nSPS) is 18.2. The zero-order valence-corrected chi connectivity index (χ0v) is 17.4. The van der Waals surface area contributed by atoms with Crippen molar-refractivity contribution in [1.29, 1.82) is 0 Å². The zero-order chi connectivity index (χ0) is 21.8. The van der Waals surface area contributed by atoms with E-state index in [1.165, 1.54) is 21.3 Å². The second-order valence-corrected chi connectivity index (χ2v) is 6.87. The molecule has 0 saturated carbocycles. The lowest BCUT2D eigenvalue weighted by atomic mass is 9.96. The summed E-state index contributed by atoms with van der Waals surface area (Å²) in [5, 5.41) is 0.498. The highest BCUT2D eigenvalue weighted by atomic mass is 35.5. The van der Waals surface area contributed by atoms with E-state index in [-0.39, 0.29) is 11.1 Å². The summed E-state index contributed by atoms with van der Waals surface area (Å²) in [6, 6.07) is 13.7. The van der Waals surface area contributed by atoms with Gasteiger partial charge in [0.1, 0.15) is 0 Å². The molecule has 1 aliphatic rings. The van der Waals surface area contributed by atoms with E-state index in [4.69, 9.17) is 25.8 Å². The molecule has 0 amide bonds. The standard InChI is InChI=1S/C22H20ClNO6/c1-28-20(25)16-17(21(26)29-2)19(22(27)30-3)24(15-11-9-14(23)10-12-15)18(16)13-7-5-4-6-8-13/h4-12,18-19H,1-3H3/t18-,19+/m0/s1. The van der Waals surface area contributed by atoms with Crippen molar-refractivity contribution in [2.45, 2.75) is 12.1 Å². The summed E-state index contributed by atoms with van der Waals surface area (Å²) in [7, 11) is 3.61. The first-order valence-corrected chi connectivity index (χ1v) is 9.39. The summed E-state index contributed by atoms with van der Waals surface area (Å²) in [6.07, 6.45) is 0. The monoisotopic (exact) mass is 429 g/mol. The number of hydrogen-bond acceptors (Lipinski definition) is 7. The van der Waals surface area contributed by atoms with Crippen LogP contribution in [0.3, 0.4) is 0 Å². The number of ether oxygens (including phenoxy) is 3. The van der Waals surface area contributed by atoms with Crippen molar-refractivity contribution in [3.63, 3.8) is 0 Å². The summed E-state index contributed by atoms with van der Waals surface area (Å²) < 4.78 is 14.9. The van der Waals surface area contributed by atoms with Crippen molar-refractivity contribution >= 4 is 35.2 Å². The number of anilines is 1. The fourth-order valence-electron chi connectivity index (χ4n) is 3.60. The van der Waals surface area contributed by atoms with E-state index in [1.807, 2.05) is 6.07 Å². The average Bonchev–Trinajstić information content (AvgIpc) is 3.14. The molecule has 8 heteroatoms. The quantitative estimate of drug-likeness (QED) is 0.533. The molecule has 156 valence electrons. The van der Waals surface area contributed by atoms with Gasteiger partial charge in [0.15, 0.2) is 6.04 Å². The van der Waals surface area contributed by atoms with Crippen LogP contribution >= 0.6 is 11.6 Å². The second-order valence-electron chi connectivity index (χ2n) is 6.43. The molecule has 0 aliphatic carbocycles. The van der Waals surface area contributed by atoms with Gasteiger partial charge >= 0.3 is 17.9 Å². The van der Waals surface area contributed by atoms with Gasteiger partial charge in [-0.3, -0.25) is 0 Å². The van der Waals surface area contributed by atoms with Crippen LogP contribution < -0.4 is 4.90 Å². The van der Waals surface area contributed by atoms with Gasteiger partial charge in [-0.25, -0.2) is 14.4 Å². The highest BCUT2D eigenvalue weighted by molar-refractivity contribution is 6.30. The number of esters is 3. The lowest BCUT2D eigenvalue weighted by Crippen LogP contribution is -2.42. The van der Waals surface area contributed by atoms with Crippen molar-refractivity contribution in [3.8, 4) is 0 Å². The molecule has 0 spiro atoms. The molecule has 0 unspecified atom stereocenters. The molecule has 3 rings (SSSR count). The maximum atomic E-state index is 12.8. The van der Waals surface area contributed by atoms with E-state index >= 15 is 0 Å². The minimum atomic E-state index is -1.22. The Balaban J connectivity index is 2.34. The smallest absolute Gasteiger partial charge is 0.337 e. The first-order chi connectivity index (χ1) is 14.4. The van der Waals surface area contributed by atoms with Crippen LogP contribution in [0.5, 0.6) is 0 Å². The number of benzene rings is 2. The summed E-state index contributed by atoms with van der Waals surface area (Å²) in [6.45, 7) is 0. The Morgan fingerprint density at radius 1 is 0.800 bits per heavy atom. The predicted molar refractivity (Wildman–Crippen MR) is 110 cm³/mol. The second kappa shape index (κ2) is 9.00. The van der Waals surface area contributed by atoms with Crippen molar-refractivity contribution in [2.75, 3.05) is 26.2 Å². The summed E-state index contributed by atoms with van der Waals surface area (Å²) >= 11 is 6.03. The summed E-state index contributed by atoms with van der Waals surface area (Å²) in [4.78, 5) is 40.0. The number of methoxy groups -OCH3 is 3. The van der Waals surface area contributed by atoms with Crippen LogP contribution in [0.1, 0.15) is 11.6 Å². The number of carbonyl (C=O) groups is 3. The van der Waals surface area contributed by atoms with Crippen LogP contribution in [0.15, 0.2) is 65.7 Å². The molecule has 2 aromatic carbocycles. The van der Waals surface area contributed by atoms with Crippen molar-refractivity contribution in [3.05, 3.63) is 76.3 Å². The third kappa shape index (κ3) is 3.76. The molecular formula is C22H20ClNO6. The van der Waals surface area contributed by atoms with Gasteiger partial charge in [-0.1, -0.05) is 41.9 Å². The Kier molecular flexibility index (Phi) is 6.42. The molecule has 0 fully saturated rings. The molecule has 2 atom stereocenters. The molecule has 0 bridgehead atoms. The molecular weight excluding hydrogens is 410 g/mol. The van der Waals surface area contributed by atoms with E-state index in [0.29, 0.717) is 16.3 Å². The third-order valence-electron chi connectivity index (χ3n) is 4.87. The zero-order valence-electron chi connectivity index (χ0n) is 16.6. The number of hydrogen-bond donors (Lipinski definition) is 0. The number of rotatable bonds is 5. The number of nitrogens with zero attached hydrogens (tertiary/aromatic N) is 1. The molecule has 30 heavy (non-hydrogen) atoms. The van der Waals surface area contributed by atoms with E-state index in [0.717, 1.165) is 0 Å². The van der Waals surface area contributed by atoms with Crippen molar-refractivity contribution < 1.29 is 28.6 Å². The lowest BCUT2D eigenvalue weighted by Gasteiger charge is -2.33. The topological polar surface area (TPSA) is 82.1 Å². The van der Waals surface area contributed by atoms with Gasteiger partial charge in [0.2, 0.25) is 0 Å². The highest BCUT2D eigenvalue weighted by Gasteiger charge is 2.51. The Bertz CT molecular complexity index is 986.